The van der Waals surface area contributed by atoms with Crippen LogP contribution in [-0.4, -0.2) is 29.8 Å². The molecule has 1 aromatic rings. The molecule has 8 heteroatoms. The minimum atomic E-state index is -4.43. The van der Waals surface area contributed by atoms with Gasteiger partial charge < -0.3 is 10.1 Å². The summed E-state index contributed by atoms with van der Waals surface area (Å²) in [4.78, 5) is 16.3. The summed E-state index contributed by atoms with van der Waals surface area (Å²) in [6.45, 7) is 1.91. The van der Waals surface area contributed by atoms with Crippen molar-refractivity contribution in [1.29, 1.82) is 0 Å². The number of nitrogens with zero attached hydrogens (tertiary/aromatic N) is 1. The summed E-state index contributed by atoms with van der Waals surface area (Å²) in [5.74, 6) is -0.578. The Kier molecular flexibility index (Phi) is 5.09. The average molecular weight is 282 g/mol. The second-order valence-electron chi connectivity index (χ2n) is 3.63. The molecule has 1 aromatic heterocycles. The SMILES string of the molecule is Cc1ncc(CNC(=O)C(C)OCC(F)(F)F)s1. The molecule has 1 amide bonds. The van der Waals surface area contributed by atoms with Crippen molar-refractivity contribution >= 4 is 17.2 Å². The predicted octanol–water partition coefficient (Wildman–Crippen LogP) is 2.04. The van der Waals surface area contributed by atoms with Crippen LogP contribution in [-0.2, 0) is 16.1 Å². The lowest BCUT2D eigenvalue weighted by Crippen LogP contribution is -2.36. The van der Waals surface area contributed by atoms with Gasteiger partial charge >= 0.3 is 6.18 Å². The molecule has 0 aromatic carbocycles. The number of carbonyl (C=O) groups is 1. The van der Waals surface area contributed by atoms with Crippen molar-refractivity contribution in [2.45, 2.75) is 32.7 Å². The molecule has 4 nitrogen and oxygen atoms in total. The van der Waals surface area contributed by atoms with Crippen LogP contribution in [0.25, 0.3) is 0 Å². The van der Waals surface area contributed by atoms with E-state index in [1.54, 1.807) is 6.20 Å². The van der Waals surface area contributed by atoms with Gasteiger partial charge in [0, 0.05) is 11.1 Å². The summed E-state index contributed by atoms with van der Waals surface area (Å²) < 4.78 is 40.0. The molecule has 1 atom stereocenters. The molecule has 1 N–H and O–H groups in total. The molecule has 1 rings (SSSR count). The maximum atomic E-state index is 11.9. The Morgan fingerprint density at radius 3 is 2.78 bits per heavy atom. The first-order valence-corrected chi connectivity index (χ1v) is 5.97. The average Bonchev–Trinajstić information content (AvgIpc) is 2.67. The number of rotatable bonds is 5. The minimum Gasteiger partial charge on any atom is -0.359 e. The molecule has 0 bridgehead atoms. The first kappa shape index (κ1) is 14.9. The molecule has 18 heavy (non-hydrogen) atoms. The fourth-order valence-electron chi connectivity index (χ4n) is 1.10. The molecule has 0 aliphatic rings. The van der Waals surface area contributed by atoms with Gasteiger partial charge in [-0.25, -0.2) is 4.98 Å². The van der Waals surface area contributed by atoms with Crippen molar-refractivity contribution in [3.8, 4) is 0 Å². The number of hydrogen-bond acceptors (Lipinski definition) is 4. The third kappa shape index (κ3) is 5.46. The highest BCUT2D eigenvalue weighted by molar-refractivity contribution is 7.11. The Morgan fingerprint density at radius 2 is 2.28 bits per heavy atom. The van der Waals surface area contributed by atoms with E-state index in [0.717, 1.165) is 9.88 Å². The van der Waals surface area contributed by atoms with Gasteiger partial charge in [-0.1, -0.05) is 0 Å². The first-order valence-electron chi connectivity index (χ1n) is 5.15. The number of hydrogen-bond donors (Lipinski definition) is 1. The van der Waals surface area contributed by atoms with Crippen LogP contribution in [0.2, 0.25) is 0 Å². The summed E-state index contributed by atoms with van der Waals surface area (Å²) >= 11 is 1.41. The van der Waals surface area contributed by atoms with Crippen molar-refractivity contribution in [3.05, 3.63) is 16.1 Å². The van der Waals surface area contributed by atoms with E-state index in [4.69, 9.17) is 0 Å². The molecular weight excluding hydrogens is 269 g/mol. The number of amides is 1. The highest BCUT2D eigenvalue weighted by atomic mass is 32.1. The lowest BCUT2D eigenvalue weighted by Gasteiger charge is -2.14. The number of thiazole rings is 1. The molecule has 102 valence electrons. The van der Waals surface area contributed by atoms with Crippen molar-refractivity contribution in [2.75, 3.05) is 6.61 Å². The molecular formula is C10H13F3N2O2S. The maximum absolute atomic E-state index is 11.9. The van der Waals surface area contributed by atoms with Crippen molar-refractivity contribution < 1.29 is 22.7 Å². The van der Waals surface area contributed by atoms with Crippen LogP contribution in [0.3, 0.4) is 0 Å². The normalized spacial score (nSPS) is 13.4. The Balaban J connectivity index is 2.32. The van der Waals surface area contributed by atoms with Gasteiger partial charge in [0.25, 0.3) is 0 Å². The first-order chi connectivity index (χ1) is 8.28. The summed E-state index contributed by atoms with van der Waals surface area (Å²) in [7, 11) is 0. The highest BCUT2D eigenvalue weighted by Crippen LogP contribution is 2.15. The van der Waals surface area contributed by atoms with Crippen LogP contribution in [0, 0.1) is 6.92 Å². The lowest BCUT2D eigenvalue weighted by atomic mass is 10.3. The van der Waals surface area contributed by atoms with E-state index in [0.29, 0.717) is 0 Å². The number of aryl methyl sites for hydroxylation is 1. The van der Waals surface area contributed by atoms with Gasteiger partial charge in [-0.3, -0.25) is 4.79 Å². The minimum absolute atomic E-state index is 0.240. The molecule has 0 fully saturated rings. The molecule has 0 spiro atoms. The number of carbonyl (C=O) groups excluding carboxylic acids is 1. The van der Waals surface area contributed by atoms with Gasteiger partial charge in [-0.2, -0.15) is 13.2 Å². The van der Waals surface area contributed by atoms with Crippen molar-refractivity contribution in [1.82, 2.24) is 10.3 Å². The zero-order valence-electron chi connectivity index (χ0n) is 9.87. The van der Waals surface area contributed by atoms with Crippen molar-refractivity contribution in [2.24, 2.45) is 0 Å². The summed E-state index contributed by atoms with van der Waals surface area (Å²) in [5, 5.41) is 3.35. The summed E-state index contributed by atoms with van der Waals surface area (Å²) in [5.41, 5.74) is 0. The van der Waals surface area contributed by atoms with Crippen LogP contribution in [0.5, 0.6) is 0 Å². The van der Waals surface area contributed by atoms with Crippen LogP contribution in [0.1, 0.15) is 16.8 Å². The number of alkyl halides is 3. The third-order valence-corrected chi connectivity index (χ3v) is 2.88. The molecule has 0 aliphatic carbocycles. The number of aromatic nitrogens is 1. The molecule has 0 aliphatic heterocycles. The standard InChI is InChI=1S/C10H13F3N2O2S/c1-6(17-5-10(11,12)13)9(16)15-4-8-3-14-7(2)18-8/h3,6H,4-5H2,1-2H3,(H,15,16). The van der Waals surface area contributed by atoms with Crippen LogP contribution in [0.15, 0.2) is 6.20 Å². The summed E-state index contributed by atoms with van der Waals surface area (Å²) in [6, 6.07) is 0. The van der Waals surface area contributed by atoms with Gasteiger partial charge in [0.1, 0.15) is 12.7 Å². The molecule has 0 radical (unpaired) electrons. The van der Waals surface area contributed by atoms with Crippen LogP contribution >= 0.6 is 11.3 Å². The fraction of sp³-hybridized carbons (Fsp3) is 0.600. The zero-order valence-corrected chi connectivity index (χ0v) is 10.7. The van der Waals surface area contributed by atoms with E-state index in [9.17, 15) is 18.0 Å². The van der Waals surface area contributed by atoms with E-state index in [2.05, 4.69) is 15.0 Å². The Hall–Kier alpha value is -1.15. The monoisotopic (exact) mass is 282 g/mol. The Bertz CT molecular complexity index is 406. The highest BCUT2D eigenvalue weighted by Gasteiger charge is 2.29. The number of nitrogens with one attached hydrogen (secondary N) is 1. The van der Waals surface area contributed by atoms with Gasteiger partial charge in [0.2, 0.25) is 5.91 Å². The van der Waals surface area contributed by atoms with Crippen LogP contribution in [0.4, 0.5) is 13.2 Å². The van der Waals surface area contributed by atoms with Crippen LogP contribution < -0.4 is 5.32 Å². The van der Waals surface area contributed by atoms with E-state index >= 15 is 0 Å². The third-order valence-electron chi connectivity index (χ3n) is 1.97. The summed E-state index contributed by atoms with van der Waals surface area (Å²) in [6.07, 6.45) is -3.95. The zero-order chi connectivity index (χ0) is 13.8. The van der Waals surface area contributed by atoms with Gasteiger partial charge in [-0.05, 0) is 13.8 Å². The lowest BCUT2D eigenvalue weighted by molar-refractivity contribution is -0.185. The number of ether oxygens (including phenoxy) is 1. The van der Waals surface area contributed by atoms with E-state index in [-0.39, 0.29) is 6.54 Å². The van der Waals surface area contributed by atoms with Gasteiger partial charge in [0.05, 0.1) is 11.6 Å². The van der Waals surface area contributed by atoms with Crippen molar-refractivity contribution in [3.63, 3.8) is 0 Å². The quantitative estimate of drug-likeness (QED) is 0.899. The smallest absolute Gasteiger partial charge is 0.359 e. The topological polar surface area (TPSA) is 51.2 Å². The van der Waals surface area contributed by atoms with E-state index in [1.807, 2.05) is 6.92 Å². The maximum Gasteiger partial charge on any atom is 0.411 e. The molecule has 1 heterocycles. The molecule has 0 saturated carbocycles. The van der Waals surface area contributed by atoms with Gasteiger partial charge in [0.15, 0.2) is 0 Å². The number of halogens is 3. The second-order valence-corrected chi connectivity index (χ2v) is 4.95. The fourth-order valence-corrected chi connectivity index (χ4v) is 1.83. The largest absolute Gasteiger partial charge is 0.411 e. The van der Waals surface area contributed by atoms with E-state index < -0.39 is 24.8 Å². The van der Waals surface area contributed by atoms with Gasteiger partial charge in [-0.15, -0.1) is 11.3 Å². The second kappa shape index (κ2) is 6.14. The Labute approximate surface area is 106 Å². The predicted molar refractivity (Wildman–Crippen MR) is 60.2 cm³/mol. The molecule has 0 saturated heterocycles. The Morgan fingerprint density at radius 1 is 1.61 bits per heavy atom. The molecule has 1 unspecified atom stereocenters. The van der Waals surface area contributed by atoms with E-state index in [1.165, 1.54) is 18.3 Å².